The fourth-order valence-corrected chi connectivity index (χ4v) is 4.58. The molecule has 1 heterocycles. The number of hydrogen-bond donors (Lipinski definition) is 2. The molecule has 2 aliphatic rings. The summed E-state index contributed by atoms with van der Waals surface area (Å²) < 4.78 is 0. The first kappa shape index (κ1) is 21.4. The number of anilines is 2. The topological polar surface area (TPSA) is 64.7 Å². The molecule has 0 unspecified atom stereocenters. The molecule has 2 fully saturated rings. The molecule has 2 aromatic carbocycles. The summed E-state index contributed by atoms with van der Waals surface area (Å²) in [5.41, 5.74) is 3.67. The summed E-state index contributed by atoms with van der Waals surface area (Å²) in [5, 5.41) is 6.07. The number of aryl methyl sites for hydroxylation is 1. The molecule has 1 saturated heterocycles. The van der Waals surface area contributed by atoms with Crippen LogP contribution in [-0.4, -0.2) is 55.5 Å². The quantitative estimate of drug-likeness (QED) is 0.752. The van der Waals surface area contributed by atoms with E-state index in [4.69, 9.17) is 0 Å². The van der Waals surface area contributed by atoms with Gasteiger partial charge in [0.05, 0.1) is 17.8 Å². The van der Waals surface area contributed by atoms with Crippen molar-refractivity contribution in [3.05, 3.63) is 59.7 Å². The molecule has 0 bridgehead atoms. The van der Waals surface area contributed by atoms with Gasteiger partial charge in [-0.1, -0.05) is 43.2 Å². The fourth-order valence-electron chi connectivity index (χ4n) is 4.58. The molecule has 1 aliphatic heterocycles. The summed E-state index contributed by atoms with van der Waals surface area (Å²) in [5.74, 6) is -0.180. The van der Waals surface area contributed by atoms with Crippen molar-refractivity contribution >= 4 is 23.2 Å². The second kappa shape index (κ2) is 9.96. The van der Waals surface area contributed by atoms with Gasteiger partial charge in [0.25, 0.3) is 5.91 Å². The van der Waals surface area contributed by atoms with Crippen LogP contribution in [0.4, 0.5) is 11.4 Å². The predicted octanol–water partition coefficient (Wildman–Crippen LogP) is 3.43. The van der Waals surface area contributed by atoms with Crippen molar-refractivity contribution in [2.75, 3.05) is 42.9 Å². The van der Waals surface area contributed by atoms with E-state index in [2.05, 4.69) is 51.6 Å². The van der Waals surface area contributed by atoms with Gasteiger partial charge >= 0.3 is 0 Å². The minimum atomic E-state index is -0.102. The highest BCUT2D eigenvalue weighted by Gasteiger charge is 2.22. The van der Waals surface area contributed by atoms with Gasteiger partial charge in [-0.25, -0.2) is 0 Å². The highest BCUT2D eigenvalue weighted by Crippen LogP contribution is 2.22. The lowest BCUT2D eigenvalue weighted by atomic mass is 10.1. The fraction of sp³-hybridized carbons (Fsp3) is 0.440. The van der Waals surface area contributed by atoms with Gasteiger partial charge in [-0.05, 0) is 43.5 Å². The molecule has 0 atom stereocenters. The monoisotopic (exact) mass is 420 g/mol. The molecule has 4 rings (SSSR count). The molecule has 2 N–H and O–H groups in total. The van der Waals surface area contributed by atoms with Crippen LogP contribution >= 0.6 is 0 Å². The summed E-state index contributed by atoms with van der Waals surface area (Å²) in [6, 6.07) is 15.9. The van der Waals surface area contributed by atoms with Crippen LogP contribution in [0.15, 0.2) is 48.5 Å². The van der Waals surface area contributed by atoms with Gasteiger partial charge in [0.1, 0.15) is 0 Å². The highest BCUT2D eigenvalue weighted by atomic mass is 16.2. The summed E-state index contributed by atoms with van der Waals surface area (Å²) in [7, 11) is 0. The largest absolute Gasteiger partial charge is 0.369 e. The molecule has 6 heteroatoms. The van der Waals surface area contributed by atoms with Gasteiger partial charge in [0.15, 0.2) is 0 Å². The second-order valence-electron chi connectivity index (χ2n) is 8.60. The maximum atomic E-state index is 12.7. The van der Waals surface area contributed by atoms with E-state index >= 15 is 0 Å². The lowest BCUT2D eigenvalue weighted by molar-refractivity contribution is -0.117. The predicted molar refractivity (Wildman–Crippen MR) is 125 cm³/mol. The van der Waals surface area contributed by atoms with E-state index in [9.17, 15) is 9.59 Å². The summed E-state index contributed by atoms with van der Waals surface area (Å²) in [4.78, 5) is 30.0. The molecule has 2 amide bonds. The molecule has 0 radical (unpaired) electrons. The van der Waals surface area contributed by atoms with Gasteiger partial charge in [0, 0.05) is 37.9 Å². The van der Waals surface area contributed by atoms with Crippen LogP contribution in [-0.2, 0) is 4.79 Å². The van der Waals surface area contributed by atoms with Crippen LogP contribution in [0.25, 0.3) is 0 Å². The minimum Gasteiger partial charge on any atom is -0.369 e. The third-order valence-corrected chi connectivity index (χ3v) is 6.33. The number of rotatable bonds is 6. The average molecular weight is 421 g/mol. The number of amides is 2. The smallest absolute Gasteiger partial charge is 0.253 e. The SMILES string of the molecule is Cc1ccccc1N1CCN(CC(=O)Nc2ccccc2C(=O)NC2CCCC2)CC1. The molecular weight excluding hydrogens is 388 g/mol. The Morgan fingerprint density at radius 3 is 2.35 bits per heavy atom. The Morgan fingerprint density at radius 2 is 1.61 bits per heavy atom. The van der Waals surface area contributed by atoms with E-state index in [0.717, 1.165) is 39.0 Å². The number of nitrogens with zero attached hydrogens (tertiary/aromatic N) is 2. The maximum Gasteiger partial charge on any atom is 0.253 e. The first-order valence-electron chi connectivity index (χ1n) is 11.3. The van der Waals surface area contributed by atoms with Crippen LogP contribution in [0.3, 0.4) is 0 Å². The number of piperazine rings is 1. The zero-order chi connectivity index (χ0) is 21.6. The zero-order valence-electron chi connectivity index (χ0n) is 18.3. The Kier molecular flexibility index (Phi) is 6.87. The number of benzene rings is 2. The van der Waals surface area contributed by atoms with Crippen molar-refractivity contribution in [1.29, 1.82) is 0 Å². The Hall–Kier alpha value is -2.86. The Morgan fingerprint density at radius 1 is 0.935 bits per heavy atom. The number of carbonyl (C=O) groups is 2. The van der Waals surface area contributed by atoms with Crippen LogP contribution in [0.2, 0.25) is 0 Å². The number of hydrogen-bond acceptors (Lipinski definition) is 4. The third kappa shape index (κ3) is 5.44. The normalized spacial score (nSPS) is 17.5. The third-order valence-electron chi connectivity index (χ3n) is 6.33. The van der Waals surface area contributed by atoms with E-state index in [1.54, 1.807) is 12.1 Å². The van der Waals surface area contributed by atoms with Crippen LogP contribution in [0.1, 0.15) is 41.6 Å². The van der Waals surface area contributed by atoms with Crippen molar-refractivity contribution in [3.63, 3.8) is 0 Å². The minimum absolute atomic E-state index is 0.0783. The molecule has 164 valence electrons. The molecule has 0 aromatic heterocycles. The number of para-hydroxylation sites is 2. The molecule has 2 aromatic rings. The molecule has 31 heavy (non-hydrogen) atoms. The van der Waals surface area contributed by atoms with E-state index < -0.39 is 0 Å². The van der Waals surface area contributed by atoms with Crippen molar-refractivity contribution in [2.24, 2.45) is 0 Å². The van der Waals surface area contributed by atoms with Gasteiger partial charge < -0.3 is 15.5 Å². The Balaban J connectivity index is 1.30. The number of nitrogens with one attached hydrogen (secondary N) is 2. The van der Waals surface area contributed by atoms with Crippen LogP contribution in [0.5, 0.6) is 0 Å². The van der Waals surface area contributed by atoms with E-state index in [1.165, 1.54) is 24.1 Å². The summed E-state index contributed by atoms with van der Waals surface area (Å²) >= 11 is 0. The molecule has 1 saturated carbocycles. The molecular formula is C25H32N4O2. The van der Waals surface area contributed by atoms with Crippen molar-refractivity contribution < 1.29 is 9.59 Å². The van der Waals surface area contributed by atoms with Gasteiger partial charge in [-0.15, -0.1) is 0 Å². The van der Waals surface area contributed by atoms with Crippen molar-refractivity contribution in [3.8, 4) is 0 Å². The molecule has 6 nitrogen and oxygen atoms in total. The lowest BCUT2D eigenvalue weighted by Gasteiger charge is -2.36. The van der Waals surface area contributed by atoms with Crippen molar-refractivity contribution in [2.45, 2.75) is 38.6 Å². The zero-order valence-corrected chi connectivity index (χ0v) is 18.3. The van der Waals surface area contributed by atoms with Gasteiger partial charge in [-0.3, -0.25) is 14.5 Å². The first-order chi connectivity index (χ1) is 15.1. The second-order valence-corrected chi connectivity index (χ2v) is 8.60. The highest BCUT2D eigenvalue weighted by molar-refractivity contribution is 6.04. The van der Waals surface area contributed by atoms with Crippen molar-refractivity contribution in [1.82, 2.24) is 10.2 Å². The standard InChI is InChI=1S/C25H32N4O2/c1-19-8-2-7-13-23(19)29-16-14-28(15-17-29)18-24(30)27-22-12-6-5-11-21(22)25(31)26-20-9-3-4-10-20/h2,5-8,11-13,20H,3-4,9-10,14-18H2,1H3,(H,26,31)(H,27,30). The maximum absolute atomic E-state index is 12.7. The Labute approximate surface area is 184 Å². The van der Waals surface area contributed by atoms with E-state index in [-0.39, 0.29) is 17.9 Å². The molecule has 1 aliphatic carbocycles. The number of carbonyl (C=O) groups excluding carboxylic acids is 2. The van der Waals surface area contributed by atoms with Crippen LogP contribution in [0, 0.1) is 6.92 Å². The molecule has 0 spiro atoms. The van der Waals surface area contributed by atoms with E-state index in [1.807, 2.05) is 12.1 Å². The van der Waals surface area contributed by atoms with Crippen LogP contribution < -0.4 is 15.5 Å². The van der Waals surface area contributed by atoms with Gasteiger partial charge in [-0.2, -0.15) is 0 Å². The summed E-state index contributed by atoms with van der Waals surface area (Å²) in [6.07, 6.45) is 4.41. The lowest BCUT2D eigenvalue weighted by Crippen LogP contribution is -2.48. The average Bonchev–Trinajstić information content (AvgIpc) is 3.28. The van der Waals surface area contributed by atoms with Gasteiger partial charge in [0.2, 0.25) is 5.91 Å². The Bertz CT molecular complexity index is 915. The summed E-state index contributed by atoms with van der Waals surface area (Å²) in [6.45, 7) is 5.95. The van der Waals surface area contributed by atoms with E-state index in [0.29, 0.717) is 17.8 Å². The first-order valence-corrected chi connectivity index (χ1v) is 11.3.